The zero-order valence-corrected chi connectivity index (χ0v) is 7.65. The normalized spacial score (nSPS) is 2.40. The summed E-state index contributed by atoms with van der Waals surface area (Å²) in [6.45, 7) is 0. The molecule has 1 nitrogen and oxygen atoms in total. The molecule has 0 aliphatic carbocycles. The molecule has 0 bridgehead atoms. The van der Waals surface area contributed by atoms with E-state index in [2.05, 4.69) is 24.8 Å². The summed E-state index contributed by atoms with van der Waals surface area (Å²) in [5.41, 5.74) is 0. The van der Waals surface area contributed by atoms with Crippen molar-refractivity contribution >= 4 is 29.5 Å². The molecule has 26 valence electrons. The zero-order valence-electron chi connectivity index (χ0n) is 2.89. The SMILES string of the molecule is O.S=C[S-].[K+]. The first-order valence-corrected chi connectivity index (χ1v) is 1.41. The molecule has 0 fully saturated rings. The second-order valence-corrected chi connectivity index (χ2v) is 0.866. The molecular formula is CH3KOS2. The molecule has 0 rings (SSSR count). The van der Waals surface area contributed by atoms with Crippen LogP contribution >= 0.6 is 12.2 Å². The summed E-state index contributed by atoms with van der Waals surface area (Å²) in [6, 6.07) is 0. The van der Waals surface area contributed by atoms with Gasteiger partial charge in [0.25, 0.3) is 0 Å². The summed E-state index contributed by atoms with van der Waals surface area (Å²) in [5.74, 6) is 0. The van der Waals surface area contributed by atoms with Gasteiger partial charge < -0.3 is 30.3 Å². The van der Waals surface area contributed by atoms with Crippen LogP contribution in [0.3, 0.4) is 0 Å². The maximum atomic E-state index is 4.08. The van der Waals surface area contributed by atoms with Crippen molar-refractivity contribution in [2.45, 2.75) is 0 Å². The summed E-state index contributed by atoms with van der Waals surface area (Å²) in [5, 5.41) is 0. The number of thiocarbonyl (C=S) groups is 1. The molecule has 0 aliphatic heterocycles. The summed E-state index contributed by atoms with van der Waals surface area (Å²) in [4.78, 5) is 0. The Hall–Kier alpha value is 1.91. The Balaban J connectivity index is -0.0000000200. The monoisotopic (exact) mass is 134 g/mol. The van der Waals surface area contributed by atoms with Crippen LogP contribution in [-0.2, 0) is 12.6 Å². The third kappa shape index (κ3) is 24.8. The molecule has 0 saturated heterocycles. The van der Waals surface area contributed by atoms with Gasteiger partial charge >= 0.3 is 51.4 Å². The predicted octanol–water partition coefficient (Wildman–Crippen LogP) is -3.33. The minimum absolute atomic E-state index is 0. The molecule has 4 heteroatoms. The average Bonchev–Trinajstić information content (AvgIpc) is 0.918. The minimum Gasteiger partial charge on any atom is -0.436 e. The van der Waals surface area contributed by atoms with Gasteiger partial charge in [0.05, 0.1) is 0 Å². The fourth-order valence-electron chi connectivity index (χ4n) is 0. The van der Waals surface area contributed by atoms with Gasteiger partial charge in [-0.3, -0.25) is 0 Å². The van der Waals surface area contributed by atoms with Crippen LogP contribution in [0.1, 0.15) is 0 Å². The molecule has 0 unspecified atom stereocenters. The third-order valence-electron chi connectivity index (χ3n) is 0. The quantitative estimate of drug-likeness (QED) is 0.197. The molecule has 0 aromatic heterocycles. The Morgan fingerprint density at radius 3 is 1.60 bits per heavy atom. The molecule has 0 amide bonds. The molecule has 0 aliphatic rings. The van der Waals surface area contributed by atoms with Crippen molar-refractivity contribution in [2.24, 2.45) is 0 Å². The molecule has 5 heavy (non-hydrogen) atoms. The second kappa shape index (κ2) is 16.8. The van der Waals surface area contributed by atoms with Crippen LogP contribution in [0, 0.1) is 0 Å². The second-order valence-electron chi connectivity index (χ2n) is 0.0962. The molecule has 0 radical (unpaired) electrons. The topological polar surface area (TPSA) is 31.5 Å². The molecule has 0 spiro atoms. The van der Waals surface area contributed by atoms with Gasteiger partial charge in [-0.2, -0.15) is 4.70 Å². The van der Waals surface area contributed by atoms with Gasteiger partial charge in [-0.25, -0.2) is 0 Å². The van der Waals surface area contributed by atoms with Crippen molar-refractivity contribution in [3.8, 4) is 0 Å². The molecular weight excluding hydrogens is 131 g/mol. The molecule has 0 aromatic rings. The van der Waals surface area contributed by atoms with E-state index in [-0.39, 0.29) is 56.9 Å². The Labute approximate surface area is 84.7 Å². The van der Waals surface area contributed by atoms with Crippen molar-refractivity contribution < 1.29 is 56.9 Å². The van der Waals surface area contributed by atoms with E-state index in [0.717, 1.165) is 0 Å². The van der Waals surface area contributed by atoms with Crippen molar-refractivity contribution in [3.63, 3.8) is 0 Å². The van der Waals surface area contributed by atoms with E-state index >= 15 is 0 Å². The van der Waals surface area contributed by atoms with Crippen LogP contribution in [-0.4, -0.2) is 10.2 Å². The van der Waals surface area contributed by atoms with Crippen LogP contribution < -0.4 is 51.4 Å². The zero-order chi connectivity index (χ0) is 2.71. The van der Waals surface area contributed by atoms with E-state index in [9.17, 15) is 0 Å². The predicted molar refractivity (Wildman–Crippen MR) is 24.6 cm³/mol. The largest absolute Gasteiger partial charge is 1.00 e. The van der Waals surface area contributed by atoms with Crippen molar-refractivity contribution in [1.29, 1.82) is 0 Å². The van der Waals surface area contributed by atoms with E-state index < -0.39 is 0 Å². The summed E-state index contributed by atoms with van der Waals surface area (Å²) in [7, 11) is 0. The fraction of sp³-hybridized carbons (Fsp3) is 0. The summed E-state index contributed by atoms with van der Waals surface area (Å²) < 4.78 is 1.17. The first kappa shape index (κ1) is 15.8. The van der Waals surface area contributed by atoms with E-state index in [1.807, 2.05) is 0 Å². The van der Waals surface area contributed by atoms with E-state index in [4.69, 9.17) is 0 Å². The van der Waals surface area contributed by atoms with Gasteiger partial charge in [-0.1, -0.05) is 0 Å². The standard InChI is InChI=1S/CH2S2.K.H2O/c2-1-3;;/h1H,(H,2,3);;1H2/q;+1;/p-1. The number of rotatable bonds is 0. The molecule has 0 saturated carbocycles. The Kier molecular flexibility index (Phi) is 53.2. The van der Waals surface area contributed by atoms with Crippen molar-refractivity contribution in [1.82, 2.24) is 0 Å². The third-order valence-corrected chi connectivity index (χ3v) is 0. The van der Waals surface area contributed by atoms with Crippen LogP contribution in [0.4, 0.5) is 0 Å². The van der Waals surface area contributed by atoms with Crippen LogP contribution in [0.5, 0.6) is 0 Å². The number of hydrogen-bond acceptors (Lipinski definition) is 2. The molecule has 2 N–H and O–H groups in total. The van der Waals surface area contributed by atoms with Gasteiger partial charge in [-0.15, -0.1) is 0 Å². The van der Waals surface area contributed by atoms with E-state index in [0.29, 0.717) is 0 Å². The smallest absolute Gasteiger partial charge is 0.436 e. The van der Waals surface area contributed by atoms with Gasteiger partial charge in [0.1, 0.15) is 0 Å². The van der Waals surface area contributed by atoms with Gasteiger partial charge in [0.2, 0.25) is 0 Å². The van der Waals surface area contributed by atoms with Gasteiger partial charge in [0.15, 0.2) is 0 Å². The van der Waals surface area contributed by atoms with Crippen LogP contribution in [0.2, 0.25) is 0 Å². The van der Waals surface area contributed by atoms with Crippen molar-refractivity contribution in [2.75, 3.05) is 0 Å². The molecule has 0 aromatic carbocycles. The van der Waals surface area contributed by atoms with Crippen LogP contribution in [0.15, 0.2) is 0 Å². The fourth-order valence-corrected chi connectivity index (χ4v) is 0. The summed E-state index contributed by atoms with van der Waals surface area (Å²) >= 11 is 8.17. The van der Waals surface area contributed by atoms with E-state index in [1.54, 1.807) is 0 Å². The van der Waals surface area contributed by atoms with E-state index in [1.165, 1.54) is 4.70 Å². The van der Waals surface area contributed by atoms with Crippen LogP contribution in [0.25, 0.3) is 0 Å². The maximum absolute atomic E-state index is 4.08. The average molecular weight is 134 g/mol. The minimum atomic E-state index is 0. The Morgan fingerprint density at radius 1 is 1.60 bits per heavy atom. The Morgan fingerprint density at radius 2 is 1.60 bits per heavy atom. The van der Waals surface area contributed by atoms with Gasteiger partial charge in [-0.05, 0) is 0 Å². The maximum Gasteiger partial charge on any atom is 1.00 e. The molecule has 0 heterocycles. The van der Waals surface area contributed by atoms with Crippen molar-refractivity contribution in [3.05, 3.63) is 0 Å². The first-order valence-electron chi connectivity index (χ1n) is 0.471. The Bertz CT molecular complexity index is 17.1. The summed E-state index contributed by atoms with van der Waals surface area (Å²) in [6.07, 6.45) is 0. The number of hydrogen-bond donors (Lipinski definition) is 0. The van der Waals surface area contributed by atoms with Gasteiger partial charge in [0, 0.05) is 0 Å². The molecule has 0 atom stereocenters. The first-order chi connectivity index (χ1) is 1.41.